The molecular weight excluding hydrogens is 562 g/mol. The summed E-state index contributed by atoms with van der Waals surface area (Å²) in [6.07, 6.45) is 0.262. The fourth-order valence-electron chi connectivity index (χ4n) is 4.81. The minimum Gasteiger partial charge on any atom is -0.497 e. The van der Waals surface area contributed by atoms with E-state index in [9.17, 15) is 18.0 Å². The molecule has 0 fully saturated rings. The number of hydrogen-bond donors (Lipinski definition) is 1. The van der Waals surface area contributed by atoms with Crippen molar-refractivity contribution >= 4 is 27.5 Å². The average Bonchev–Trinajstić information content (AvgIpc) is 3.03. The number of benzene rings is 4. The molecule has 4 rings (SSSR count). The van der Waals surface area contributed by atoms with Gasteiger partial charge in [0, 0.05) is 19.5 Å². The van der Waals surface area contributed by atoms with Crippen molar-refractivity contribution in [1.82, 2.24) is 10.2 Å². The minimum absolute atomic E-state index is 0.0497. The second-order valence-electron chi connectivity index (χ2n) is 10.1. The van der Waals surface area contributed by atoms with Gasteiger partial charge in [-0.2, -0.15) is 0 Å². The normalized spacial score (nSPS) is 11.8. The molecule has 8 nitrogen and oxygen atoms in total. The molecule has 0 aromatic heterocycles. The minimum atomic E-state index is -4.15. The number of nitrogens with zero attached hydrogens (tertiary/aromatic N) is 2. The highest BCUT2D eigenvalue weighted by molar-refractivity contribution is 7.92. The van der Waals surface area contributed by atoms with Gasteiger partial charge in [-0.05, 0) is 66.9 Å². The lowest BCUT2D eigenvalue weighted by Crippen LogP contribution is -2.53. The van der Waals surface area contributed by atoms with E-state index in [1.165, 1.54) is 24.1 Å². The standard InChI is InChI=1S/C34H37N3O5S/c1-4-35-34(39)32(23-27-14-7-5-8-15-27)36(24-28-16-12-11-13-26(28)2)33(38)25-37(29-19-21-30(42-3)22-20-29)43(40,41)31-17-9-6-10-18-31/h5-22,32H,4,23-25H2,1-3H3,(H,35,39)/t32-/m0/s1. The maximum absolute atomic E-state index is 14.4. The lowest BCUT2D eigenvalue weighted by molar-refractivity contribution is -0.140. The molecule has 0 radical (unpaired) electrons. The summed E-state index contributed by atoms with van der Waals surface area (Å²) in [6.45, 7) is 3.77. The molecule has 2 amide bonds. The van der Waals surface area contributed by atoms with Crippen LogP contribution in [0.3, 0.4) is 0 Å². The molecule has 4 aromatic carbocycles. The van der Waals surface area contributed by atoms with E-state index < -0.39 is 28.5 Å². The van der Waals surface area contributed by atoms with E-state index in [2.05, 4.69) is 5.32 Å². The largest absolute Gasteiger partial charge is 0.497 e. The van der Waals surface area contributed by atoms with E-state index in [-0.39, 0.29) is 23.8 Å². The Bertz CT molecular complexity index is 1610. The van der Waals surface area contributed by atoms with Gasteiger partial charge in [0.2, 0.25) is 11.8 Å². The molecule has 0 spiro atoms. The second-order valence-corrected chi connectivity index (χ2v) is 11.9. The first-order chi connectivity index (χ1) is 20.7. The second kappa shape index (κ2) is 14.5. The van der Waals surface area contributed by atoms with Crippen molar-refractivity contribution in [3.8, 4) is 5.75 Å². The number of anilines is 1. The van der Waals surface area contributed by atoms with E-state index in [0.717, 1.165) is 21.0 Å². The number of nitrogens with one attached hydrogen (secondary N) is 1. The lowest BCUT2D eigenvalue weighted by Gasteiger charge is -2.34. The van der Waals surface area contributed by atoms with E-state index in [0.29, 0.717) is 18.0 Å². The summed E-state index contributed by atoms with van der Waals surface area (Å²) in [5.74, 6) is -0.270. The Labute approximate surface area is 254 Å². The molecule has 43 heavy (non-hydrogen) atoms. The third kappa shape index (κ3) is 7.81. The molecule has 0 heterocycles. The molecule has 0 unspecified atom stereocenters. The Morgan fingerprint density at radius 1 is 0.837 bits per heavy atom. The van der Waals surface area contributed by atoms with Gasteiger partial charge < -0.3 is 15.0 Å². The number of methoxy groups -OCH3 is 1. The number of ether oxygens (including phenoxy) is 1. The SMILES string of the molecule is CCNC(=O)[C@H](Cc1ccccc1)N(Cc1ccccc1C)C(=O)CN(c1ccc(OC)cc1)S(=O)(=O)c1ccccc1. The van der Waals surface area contributed by atoms with Gasteiger partial charge in [0.15, 0.2) is 0 Å². The maximum Gasteiger partial charge on any atom is 0.264 e. The van der Waals surface area contributed by atoms with Crippen LogP contribution in [0.1, 0.15) is 23.6 Å². The van der Waals surface area contributed by atoms with Gasteiger partial charge in [-0.15, -0.1) is 0 Å². The number of carbonyl (C=O) groups is 2. The van der Waals surface area contributed by atoms with Gasteiger partial charge in [-0.25, -0.2) is 8.42 Å². The third-order valence-corrected chi connectivity index (χ3v) is 8.98. The van der Waals surface area contributed by atoms with E-state index >= 15 is 0 Å². The van der Waals surface area contributed by atoms with Crippen molar-refractivity contribution in [2.24, 2.45) is 0 Å². The van der Waals surface area contributed by atoms with Crippen LogP contribution >= 0.6 is 0 Å². The monoisotopic (exact) mass is 599 g/mol. The number of amides is 2. The van der Waals surface area contributed by atoms with Crippen molar-refractivity contribution in [3.63, 3.8) is 0 Å². The molecule has 1 atom stereocenters. The zero-order chi connectivity index (χ0) is 30.8. The lowest BCUT2D eigenvalue weighted by atomic mass is 10.0. The van der Waals surface area contributed by atoms with Crippen LogP contribution in [-0.4, -0.2) is 51.4 Å². The molecule has 0 aliphatic carbocycles. The van der Waals surface area contributed by atoms with Gasteiger partial charge >= 0.3 is 0 Å². The topological polar surface area (TPSA) is 96.0 Å². The summed E-state index contributed by atoms with van der Waals surface area (Å²) in [5, 5.41) is 2.88. The van der Waals surface area contributed by atoms with E-state index in [1.54, 1.807) is 42.5 Å². The Kier molecular flexibility index (Phi) is 10.6. The number of sulfonamides is 1. The van der Waals surface area contributed by atoms with Crippen LogP contribution in [0.25, 0.3) is 0 Å². The van der Waals surface area contributed by atoms with Crippen molar-refractivity contribution in [2.75, 3.05) is 24.5 Å². The highest BCUT2D eigenvalue weighted by Gasteiger charge is 2.34. The first kappa shape index (κ1) is 31.3. The zero-order valence-corrected chi connectivity index (χ0v) is 25.5. The first-order valence-corrected chi connectivity index (χ1v) is 15.6. The van der Waals surface area contributed by atoms with Gasteiger partial charge in [0.1, 0.15) is 18.3 Å². The number of aryl methyl sites for hydroxylation is 1. The summed E-state index contributed by atoms with van der Waals surface area (Å²) in [6, 6.07) is 30.7. The van der Waals surface area contributed by atoms with Gasteiger partial charge in [0.25, 0.3) is 10.0 Å². The zero-order valence-electron chi connectivity index (χ0n) is 24.6. The molecular formula is C34H37N3O5S. The highest BCUT2D eigenvalue weighted by atomic mass is 32.2. The Hall–Kier alpha value is -4.63. The van der Waals surface area contributed by atoms with Crippen molar-refractivity contribution < 1.29 is 22.7 Å². The molecule has 0 saturated heterocycles. The van der Waals surface area contributed by atoms with Crippen LogP contribution in [0.2, 0.25) is 0 Å². The Morgan fingerprint density at radius 3 is 2.05 bits per heavy atom. The number of likely N-dealkylation sites (N-methyl/N-ethyl adjacent to an activating group) is 1. The fraction of sp³-hybridized carbons (Fsp3) is 0.235. The van der Waals surface area contributed by atoms with Crippen LogP contribution in [-0.2, 0) is 32.6 Å². The van der Waals surface area contributed by atoms with Crippen LogP contribution in [0.4, 0.5) is 5.69 Å². The summed E-state index contributed by atoms with van der Waals surface area (Å²) < 4.78 is 34.4. The van der Waals surface area contributed by atoms with Crippen molar-refractivity contribution in [1.29, 1.82) is 0 Å². The predicted octanol–water partition coefficient (Wildman–Crippen LogP) is 4.98. The van der Waals surface area contributed by atoms with E-state index in [1.807, 2.05) is 68.4 Å². The van der Waals surface area contributed by atoms with Crippen LogP contribution in [0, 0.1) is 6.92 Å². The molecule has 224 valence electrons. The molecule has 0 saturated carbocycles. The molecule has 0 bridgehead atoms. The summed E-state index contributed by atoms with van der Waals surface area (Å²) in [4.78, 5) is 29.5. The number of hydrogen-bond acceptors (Lipinski definition) is 5. The maximum atomic E-state index is 14.4. The van der Waals surface area contributed by atoms with Crippen LogP contribution < -0.4 is 14.4 Å². The number of carbonyl (C=O) groups excluding carboxylic acids is 2. The highest BCUT2D eigenvalue weighted by Crippen LogP contribution is 2.27. The van der Waals surface area contributed by atoms with Crippen LogP contribution in [0.15, 0.2) is 114 Å². The molecule has 0 aliphatic heterocycles. The van der Waals surface area contributed by atoms with Gasteiger partial charge in [0.05, 0.1) is 17.7 Å². The van der Waals surface area contributed by atoms with Gasteiger partial charge in [-0.1, -0.05) is 72.8 Å². The van der Waals surface area contributed by atoms with Crippen molar-refractivity contribution in [2.45, 2.75) is 37.8 Å². The molecule has 9 heteroatoms. The smallest absolute Gasteiger partial charge is 0.264 e. The van der Waals surface area contributed by atoms with Crippen LogP contribution in [0.5, 0.6) is 5.75 Å². The summed E-state index contributed by atoms with van der Waals surface area (Å²) >= 11 is 0. The predicted molar refractivity (Wildman–Crippen MR) is 168 cm³/mol. The average molecular weight is 600 g/mol. The molecule has 4 aromatic rings. The Morgan fingerprint density at radius 2 is 1.44 bits per heavy atom. The fourth-order valence-corrected chi connectivity index (χ4v) is 6.25. The quantitative estimate of drug-likeness (QED) is 0.234. The van der Waals surface area contributed by atoms with E-state index in [4.69, 9.17) is 4.74 Å². The summed E-state index contributed by atoms with van der Waals surface area (Å²) in [7, 11) is -2.63. The third-order valence-electron chi connectivity index (χ3n) is 7.19. The number of rotatable bonds is 13. The van der Waals surface area contributed by atoms with Gasteiger partial charge in [-0.3, -0.25) is 13.9 Å². The first-order valence-electron chi connectivity index (χ1n) is 14.1. The summed E-state index contributed by atoms with van der Waals surface area (Å²) in [5.41, 5.74) is 3.00. The van der Waals surface area contributed by atoms with Crippen molar-refractivity contribution in [3.05, 3.63) is 126 Å². The molecule has 0 aliphatic rings. The Balaban J connectivity index is 1.79. The molecule has 1 N–H and O–H groups in total.